The Morgan fingerprint density at radius 3 is 2.05 bits per heavy atom. The van der Waals surface area contributed by atoms with Gasteiger partial charge in [0.15, 0.2) is 5.78 Å². The van der Waals surface area contributed by atoms with Gasteiger partial charge in [-0.05, 0) is 12.0 Å². The number of halogens is 1. The highest BCUT2D eigenvalue weighted by molar-refractivity contribution is 5.85. The number of Topliss-reactive ketones (excluding diaryl/α,β-unsaturated/α-hetero) is 1. The Morgan fingerprint density at radius 2 is 1.48 bits per heavy atom. The van der Waals surface area contributed by atoms with E-state index in [1.54, 1.807) is 0 Å². The highest BCUT2D eigenvalue weighted by atomic mass is 35.5. The van der Waals surface area contributed by atoms with E-state index in [0.29, 0.717) is 6.42 Å². The van der Waals surface area contributed by atoms with E-state index in [1.165, 1.54) is 38.5 Å². The molecule has 1 atom stereocenters. The van der Waals surface area contributed by atoms with E-state index < -0.39 is 6.04 Å². The largest absolute Gasteiger partial charge is 0.318 e. The van der Waals surface area contributed by atoms with Gasteiger partial charge in [0, 0.05) is 6.42 Å². The maximum atomic E-state index is 12.0. The molecule has 1 aromatic carbocycles. The molecule has 3 heteroatoms. The lowest BCUT2D eigenvalue weighted by Gasteiger charge is -2.10. The van der Waals surface area contributed by atoms with Crippen molar-refractivity contribution in [3.8, 4) is 0 Å². The van der Waals surface area contributed by atoms with Crippen LogP contribution in [0.1, 0.15) is 76.3 Å². The van der Waals surface area contributed by atoms with Crippen molar-refractivity contribution >= 4 is 18.2 Å². The van der Waals surface area contributed by atoms with Crippen LogP contribution in [0, 0.1) is 0 Å². The third kappa shape index (κ3) is 8.90. The van der Waals surface area contributed by atoms with Crippen LogP contribution in [0.5, 0.6) is 0 Å². The van der Waals surface area contributed by atoms with Crippen molar-refractivity contribution < 1.29 is 4.79 Å². The fourth-order valence-electron chi connectivity index (χ4n) is 2.43. The quantitative estimate of drug-likeness (QED) is 0.570. The summed E-state index contributed by atoms with van der Waals surface area (Å²) in [6.07, 6.45) is 10.6. The smallest absolute Gasteiger partial charge is 0.154 e. The SMILES string of the molecule is CCCCCCCCCCC(=O)C(N)c1ccccc1.Cl. The molecule has 0 bridgehead atoms. The first-order valence-electron chi connectivity index (χ1n) is 8.09. The van der Waals surface area contributed by atoms with Crippen molar-refractivity contribution in [3.05, 3.63) is 35.9 Å². The lowest BCUT2D eigenvalue weighted by atomic mass is 9.99. The molecule has 2 N–H and O–H groups in total. The van der Waals surface area contributed by atoms with Crippen LogP contribution in [0.15, 0.2) is 30.3 Å². The third-order valence-corrected chi connectivity index (χ3v) is 3.78. The van der Waals surface area contributed by atoms with E-state index in [2.05, 4.69) is 6.92 Å². The molecule has 0 fully saturated rings. The summed E-state index contributed by atoms with van der Waals surface area (Å²) >= 11 is 0. The van der Waals surface area contributed by atoms with Gasteiger partial charge >= 0.3 is 0 Å². The highest BCUT2D eigenvalue weighted by Gasteiger charge is 2.14. The first-order chi connectivity index (χ1) is 9.75. The summed E-state index contributed by atoms with van der Waals surface area (Å²) in [5.41, 5.74) is 6.91. The molecule has 21 heavy (non-hydrogen) atoms. The normalized spacial score (nSPS) is 11.7. The van der Waals surface area contributed by atoms with Crippen LogP contribution >= 0.6 is 12.4 Å². The summed E-state index contributed by atoms with van der Waals surface area (Å²) in [5.74, 6) is 0.169. The first kappa shape index (κ1) is 20.1. The van der Waals surface area contributed by atoms with Crippen molar-refractivity contribution in [2.24, 2.45) is 5.73 Å². The number of rotatable bonds is 11. The second-order valence-electron chi connectivity index (χ2n) is 5.58. The van der Waals surface area contributed by atoms with E-state index in [0.717, 1.165) is 18.4 Å². The summed E-state index contributed by atoms with van der Waals surface area (Å²) in [7, 11) is 0. The molecule has 0 aliphatic rings. The van der Waals surface area contributed by atoms with E-state index in [4.69, 9.17) is 5.73 Å². The second-order valence-corrected chi connectivity index (χ2v) is 5.58. The molecule has 0 heterocycles. The molecule has 1 aromatic rings. The van der Waals surface area contributed by atoms with E-state index in [-0.39, 0.29) is 18.2 Å². The van der Waals surface area contributed by atoms with Gasteiger partial charge in [-0.2, -0.15) is 0 Å². The van der Waals surface area contributed by atoms with Crippen LogP contribution in [0.4, 0.5) is 0 Å². The number of benzene rings is 1. The molecule has 0 aromatic heterocycles. The van der Waals surface area contributed by atoms with Crippen molar-refractivity contribution in [2.45, 2.75) is 70.8 Å². The summed E-state index contributed by atoms with van der Waals surface area (Å²) in [5, 5.41) is 0. The Morgan fingerprint density at radius 1 is 0.952 bits per heavy atom. The van der Waals surface area contributed by atoms with Crippen molar-refractivity contribution in [2.75, 3.05) is 0 Å². The van der Waals surface area contributed by atoms with Gasteiger partial charge in [0.2, 0.25) is 0 Å². The van der Waals surface area contributed by atoms with Gasteiger partial charge in [0.05, 0.1) is 6.04 Å². The van der Waals surface area contributed by atoms with Gasteiger partial charge in [-0.3, -0.25) is 4.79 Å². The molecule has 120 valence electrons. The molecule has 1 rings (SSSR count). The number of hydrogen-bond donors (Lipinski definition) is 1. The minimum Gasteiger partial charge on any atom is -0.318 e. The zero-order valence-corrected chi connectivity index (χ0v) is 14.0. The van der Waals surface area contributed by atoms with Crippen LogP contribution < -0.4 is 5.73 Å². The maximum Gasteiger partial charge on any atom is 0.154 e. The van der Waals surface area contributed by atoms with Crippen LogP contribution in [0.3, 0.4) is 0 Å². The van der Waals surface area contributed by atoms with Gasteiger partial charge in [0.25, 0.3) is 0 Å². The van der Waals surface area contributed by atoms with Gasteiger partial charge in [-0.25, -0.2) is 0 Å². The molecular weight excluding hydrogens is 282 g/mol. The van der Waals surface area contributed by atoms with Gasteiger partial charge in [-0.15, -0.1) is 12.4 Å². The van der Waals surface area contributed by atoms with Crippen molar-refractivity contribution in [1.82, 2.24) is 0 Å². The Balaban J connectivity index is 0.00000400. The van der Waals surface area contributed by atoms with Crippen LogP contribution in [0.2, 0.25) is 0 Å². The van der Waals surface area contributed by atoms with Gasteiger partial charge in [0.1, 0.15) is 0 Å². The number of hydrogen-bond acceptors (Lipinski definition) is 2. The molecule has 0 spiro atoms. The molecule has 0 saturated heterocycles. The van der Waals surface area contributed by atoms with Crippen molar-refractivity contribution in [1.29, 1.82) is 0 Å². The van der Waals surface area contributed by atoms with E-state index >= 15 is 0 Å². The fourth-order valence-corrected chi connectivity index (χ4v) is 2.43. The number of nitrogens with two attached hydrogens (primary N) is 1. The maximum absolute atomic E-state index is 12.0. The Kier molecular flexibility index (Phi) is 12.3. The predicted molar refractivity (Wildman–Crippen MR) is 92.9 cm³/mol. The average molecular weight is 312 g/mol. The molecular formula is C18H30ClNO. The first-order valence-corrected chi connectivity index (χ1v) is 8.09. The molecule has 0 amide bonds. The number of carbonyl (C=O) groups excluding carboxylic acids is 1. The van der Waals surface area contributed by atoms with Crippen LogP contribution in [-0.2, 0) is 4.79 Å². The summed E-state index contributed by atoms with van der Waals surface area (Å²) in [4.78, 5) is 12.0. The Labute approximate surface area is 135 Å². The third-order valence-electron chi connectivity index (χ3n) is 3.78. The lowest BCUT2D eigenvalue weighted by molar-refractivity contribution is -0.120. The summed E-state index contributed by atoms with van der Waals surface area (Å²) < 4.78 is 0. The highest BCUT2D eigenvalue weighted by Crippen LogP contribution is 2.15. The summed E-state index contributed by atoms with van der Waals surface area (Å²) in [6.45, 7) is 2.24. The Bertz CT molecular complexity index is 367. The van der Waals surface area contributed by atoms with Crippen molar-refractivity contribution in [3.63, 3.8) is 0 Å². The number of ketones is 1. The van der Waals surface area contributed by atoms with Crippen LogP contribution in [-0.4, -0.2) is 5.78 Å². The monoisotopic (exact) mass is 311 g/mol. The van der Waals surface area contributed by atoms with E-state index in [1.807, 2.05) is 30.3 Å². The minimum atomic E-state index is -0.444. The zero-order chi connectivity index (χ0) is 14.6. The number of carbonyl (C=O) groups is 1. The van der Waals surface area contributed by atoms with Gasteiger partial charge in [-0.1, -0.05) is 82.2 Å². The molecule has 0 radical (unpaired) electrons. The predicted octanol–water partition coefficient (Wildman–Crippen LogP) is 5.21. The molecule has 0 aliphatic carbocycles. The standard InChI is InChI=1S/C18H29NO.ClH/c1-2-3-4-5-6-7-8-12-15-17(20)18(19)16-13-10-9-11-14-16;/h9-11,13-14,18H,2-8,12,15,19H2,1H3;1H. The molecule has 1 unspecified atom stereocenters. The molecule has 2 nitrogen and oxygen atoms in total. The average Bonchev–Trinajstić information content (AvgIpc) is 2.50. The minimum absolute atomic E-state index is 0. The summed E-state index contributed by atoms with van der Waals surface area (Å²) in [6, 6.07) is 9.21. The molecule has 0 saturated carbocycles. The number of unbranched alkanes of at least 4 members (excludes halogenated alkanes) is 7. The van der Waals surface area contributed by atoms with Crippen LogP contribution in [0.25, 0.3) is 0 Å². The second kappa shape index (κ2) is 12.8. The Hall–Kier alpha value is -0.860. The fraction of sp³-hybridized carbons (Fsp3) is 0.611. The lowest BCUT2D eigenvalue weighted by Crippen LogP contribution is -2.21. The topological polar surface area (TPSA) is 43.1 Å². The molecule has 0 aliphatic heterocycles. The van der Waals surface area contributed by atoms with E-state index in [9.17, 15) is 4.79 Å². The zero-order valence-electron chi connectivity index (χ0n) is 13.2. The van der Waals surface area contributed by atoms with Gasteiger partial charge < -0.3 is 5.73 Å².